The van der Waals surface area contributed by atoms with Crippen LogP contribution in [0.4, 0.5) is 0 Å². The van der Waals surface area contributed by atoms with Crippen LogP contribution in [0.2, 0.25) is 0 Å². The third kappa shape index (κ3) is 69.7. The molecule has 0 aromatic rings. The Morgan fingerprint density at radius 2 is 1.46 bits per heavy atom. The molecular weight excluding hydrogens is 328 g/mol. The van der Waals surface area contributed by atoms with E-state index in [4.69, 9.17) is 22.0 Å². The molecule has 0 fully saturated rings. The molecule has 0 radical (unpaired) electrons. The van der Waals surface area contributed by atoms with E-state index >= 15 is 0 Å². The normalized spacial score (nSPS) is 8.33. The number of amides is 2. The van der Waals surface area contributed by atoms with Gasteiger partial charge >= 0.3 is 0 Å². The van der Waals surface area contributed by atoms with Crippen molar-refractivity contribution in [2.24, 2.45) is 22.9 Å². The molecule has 0 aliphatic carbocycles. The Kier molecular flexibility index (Phi) is 48.4. The molecule has 0 bridgehead atoms. The number of thioether (sulfide) groups is 1. The molecule has 0 rings (SSSR count). The third-order valence-corrected chi connectivity index (χ3v) is 3.11. The van der Waals surface area contributed by atoms with Gasteiger partial charge in [-0.1, -0.05) is 33.1 Å². The summed E-state index contributed by atoms with van der Waals surface area (Å²) in [7, 11) is 0. The molecule has 24 heavy (non-hydrogen) atoms. The number of aldehydes is 1. The summed E-state index contributed by atoms with van der Waals surface area (Å²) in [4.78, 5) is 28.2. The highest BCUT2D eigenvalue weighted by Gasteiger charge is 1.90. The molecule has 0 aromatic carbocycles. The SMILES string of the molecule is CCCCCC(N)=O.CCSCC=O.NC=O.NCCCCCN. The second kappa shape index (κ2) is 37.8. The molecule has 146 valence electrons. The second-order valence-corrected chi connectivity index (χ2v) is 5.84. The first-order valence-corrected chi connectivity index (χ1v) is 9.52. The number of hydrogen-bond donors (Lipinski definition) is 4. The molecule has 8 N–H and O–H groups in total. The van der Waals surface area contributed by atoms with E-state index in [9.17, 15) is 9.59 Å². The molecule has 0 atom stereocenters. The van der Waals surface area contributed by atoms with Crippen molar-refractivity contribution in [3.63, 3.8) is 0 Å². The fourth-order valence-corrected chi connectivity index (χ4v) is 1.51. The Morgan fingerprint density at radius 1 is 0.958 bits per heavy atom. The van der Waals surface area contributed by atoms with Crippen LogP contribution >= 0.6 is 11.8 Å². The molecule has 2 amide bonds. The van der Waals surface area contributed by atoms with E-state index < -0.39 is 0 Å². The maximum Gasteiger partial charge on any atom is 0.217 e. The highest BCUT2D eigenvalue weighted by molar-refractivity contribution is 7.99. The van der Waals surface area contributed by atoms with Gasteiger partial charge in [0.15, 0.2) is 0 Å². The van der Waals surface area contributed by atoms with Crippen LogP contribution in [0.1, 0.15) is 58.8 Å². The summed E-state index contributed by atoms with van der Waals surface area (Å²) in [6, 6.07) is 0. The summed E-state index contributed by atoms with van der Waals surface area (Å²) < 4.78 is 0. The quantitative estimate of drug-likeness (QED) is 0.317. The number of rotatable bonds is 11. The molecule has 0 saturated carbocycles. The molecule has 0 aromatic heterocycles. The zero-order valence-electron chi connectivity index (χ0n) is 15.4. The summed E-state index contributed by atoms with van der Waals surface area (Å²) in [6.07, 6.45) is 8.37. The smallest absolute Gasteiger partial charge is 0.217 e. The molecule has 0 saturated heterocycles. The summed E-state index contributed by atoms with van der Waals surface area (Å²) in [5.41, 5.74) is 19.5. The zero-order valence-corrected chi connectivity index (χ0v) is 16.2. The van der Waals surface area contributed by atoms with Gasteiger partial charge in [0.1, 0.15) is 6.29 Å². The highest BCUT2D eigenvalue weighted by atomic mass is 32.2. The van der Waals surface area contributed by atoms with Crippen LogP contribution in [0, 0.1) is 0 Å². The van der Waals surface area contributed by atoms with Crippen molar-refractivity contribution in [3.8, 4) is 0 Å². The van der Waals surface area contributed by atoms with Gasteiger partial charge in [-0.15, -0.1) is 0 Å². The van der Waals surface area contributed by atoms with E-state index in [0.717, 1.165) is 57.2 Å². The minimum absolute atomic E-state index is 0.182. The number of carbonyl (C=O) groups is 3. The number of hydrogen-bond acceptors (Lipinski definition) is 6. The molecule has 8 heteroatoms. The standard InChI is InChI=1S/C6H13NO.C5H14N2.C4H8OS.CH3NO/c1-2-3-4-5-6(7)8;6-4-2-1-3-5-7;1-2-6-4-3-5;2-1-3/h2-5H2,1H3,(H2,7,8);1-7H2;3H,2,4H2,1H3;1H,(H2,2,3). The Morgan fingerprint density at radius 3 is 1.71 bits per heavy atom. The topological polar surface area (TPSA) is 155 Å². The lowest BCUT2D eigenvalue weighted by molar-refractivity contribution is -0.118. The van der Waals surface area contributed by atoms with Crippen molar-refractivity contribution in [2.75, 3.05) is 24.6 Å². The first-order chi connectivity index (χ1) is 11.5. The predicted molar refractivity (Wildman–Crippen MR) is 105 cm³/mol. The van der Waals surface area contributed by atoms with E-state index in [1.807, 2.05) is 6.92 Å². The summed E-state index contributed by atoms with van der Waals surface area (Å²) in [5.74, 6) is 1.51. The monoisotopic (exact) mass is 366 g/mol. The second-order valence-electron chi connectivity index (χ2n) is 4.52. The fourth-order valence-electron chi connectivity index (χ4n) is 1.18. The van der Waals surface area contributed by atoms with Gasteiger partial charge in [-0.2, -0.15) is 11.8 Å². The molecule has 0 heterocycles. The van der Waals surface area contributed by atoms with Crippen LogP contribution < -0.4 is 22.9 Å². The molecule has 0 unspecified atom stereocenters. The van der Waals surface area contributed by atoms with Crippen molar-refractivity contribution in [1.29, 1.82) is 0 Å². The van der Waals surface area contributed by atoms with E-state index in [1.54, 1.807) is 11.8 Å². The zero-order chi connectivity index (χ0) is 19.5. The van der Waals surface area contributed by atoms with Crippen LogP contribution in [0.3, 0.4) is 0 Å². The van der Waals surface area contributed by atoms with Gasteiger partial charge in [-0.05, 0) is 38.1 Å². The Balaban J connectivity index is -0.000000116. The van der Waals surface area contributed by atoms with Crippen LogP contribution in [-0.2, 0) is 14.4 Å². The Hall–Kier alpha value is -1.12. The third-order valence-electron chi connectivity index (χ3n) is 2.32. The van der Waals surface area contributed by atoms with Crippen LogP contribution in [0.5, 0.6) is 0 Å². The Bertz CT molecular complexity index is 241. The van der Waals surface area contributed by atoms with Crippen LogP contribution in [0.15, 0.2) is 0 Å². The maximum absolute atomic E-state index is 10.1. The number of primary amides is 2. The summed E-state index contributed by atoms with van der Waals surface area (Å²) in [6.45, 7) is 5.75. The molecule has 0 aliphatic rings. The number of carbonyl (C=O) groups excluding carboxylic acids is 3. The van der Waals surface area contributed by atoms with Gasteiger partial charge in [-0.25, -0.2) is 0 Å². The maximum atomic E-state index is 10.1. The summed E-state index contributed by atoms with van der Waals surface area (Å²) >= 11 is 1.64. The first kappa shape index (κ1) is 30.7. The van der Waals surface area contributed by atoms with Crippen LogP contribution in [0.25, 0.3) is 0 Å². The van der Waals surface area contributed by atoms with Gasteiger partial charge in [-0.3, -0.25) is 9.59 Å². The largest absolute Gasteiger partial charge is 0.372 e. The lowest BCUT2D eigenvalue weighted by Crippen LogP contribution is -2.09. The minimum atomic E-state index is -0.182. The van der Waals surface area contributed by atoms with E-state index in [-0.39, 0.29) is 12.3 Å². The molecule has 0 aliphatic heterocycles. The van der Waals surface area contributed by atoms with E-state index in [2.05, 4.69) is 12.7 Å². The first-order valence-electron chi connectivity index (χ1n) is 8.37. The van der Waals surface area contributed by atoms with Crippen molar-refractivity contribution >= 4 is 30.4 Å². The van der Waals surface area contributed by atoms with Crippen molar-refractivity contribution < 1.29 is 14.4 Å². The lowest BCUT2D eigenvalue weighted by Gasteiger charge is -1.91. The fraction of sp³-hybridized carbons (Fsp3) is 0.812. The molecule has 7 nitrogen and oxygen atoms in total. The van der Waals surface area contributed by atoms with E-state index in [0.29, 0.717) is 12.2 Å². The molecular formula is C16H38N4O3S. The Labute approximate surface area is 151 Å². The van der Waals surface area contributed by atoms with Crippen LogP contribution in [-0.4, -0.2) is 43.2 Å². The van der Waals surface area contributed by atoms with Gasteiger partial charge in [0.05, 0.1) is 0 Å². The average molecular weight is 367 g/mol. The highest BCUT2D eigenvalue weighted by Crippen LogP contribution is 1.96. The van der Waals surface area contributed by atoms with Gasteiger partial charge in [0.25, 0.3) is 0 Å². The predicted octanol–water partition coefficient (Wildman–Crippen LogP) is 1.17. The molecule has 0 spiro atoms. The van der Waals surface area contributed by atoms with E-state index in [1.165, 1.54) is 6.42 Å². The van der Waals surface area contributed by atoms with Crippen molar-refractivity contribution in [2.45, 2.75) is 58.8 Å². The minimum Gasteiger partial charge on any atom is -0.372 e. The van der Waals surface area contributed by atoms with Crippen molar-refractivity contribution in [1.82, 2.24) is 0 Å². The number of unbranched alkanes of at least 4 members (excludes halogenated alkanes) is 4. The number of nitrogens with two attached hydrogens (primary N) is 4. The van der Waals surface area contributed by atoms with Gasteiger partial charge in [0.2, 0.25) is 12.3 Å². The van der Waals surface area contributed by atoms with Gasteiger partial charge in [0, 0.05) is 12.2 Å². The summed E-state index contributed by atoms with van der Waals surface area (Å²) in [5, 5.41) is 0. The van der Waals surface area contributed by atoms with Crippen molar-refractivity contribution in [3.05, 3.63) is 0 Å². The lowest BCUT2D eigenvalue weighted by atomic mass is 10.2. The average Bonchev–Trinajstić information content (AvgIpc) is 2.55. The van der Waals surface area contributed by atoms with Gasteiger partial charge < -0.3 is 27.7 Å².